The van der Waals surface area contributed by atoms with Crippen molar-refractivity contribution in [1.82, 2.24) is 4.98 Å². The van der Waals surface area contributed by atoms with Gasteiger partial charge in [-0.05, 0) is 47.7 Å². The predicted octanol–water partition coefficient (Wildman–Crippen LogP) is 3.67. The molecular formula is C24H27FN2O4. The Bertz CT molecular complexity index is 1040. The summed E-state index contributed by atoms with van der Waals surface area (Å²) in [6, 6.07) is 7.51. The van der Waals surface area contributed by atoms with Gasteiger partial charge in [-0.25, -0.2) is 4.39 Å². The van der Waals surface area contributed by atoms with Crippen molar-refractivity contribution in [3.8, 4) is 11.8 Å². The first-order chi connectivity index (χ1) is 14.4. The van der Waals surface area contributed by atoms with Crippen molar-refractivity contribution in [2.24, 2.45) is 5.41 Å². The lowest BCUT2D eigenvalue weighted by atomic mass is 9.85. The molecule has 7 heteroatoms. The lowest BCUT2D eigenvalue weighted by molar-refractivity contribution is -0.117. The third kappa shape index (κ3) is 6.19. The van der Waals surface area contributed by atoms with E-state index in [0.29, 0.717) is 11.1 Å². The van der Waals surface area contributed by atoms with E-state index >= 15 is 0 Å². The van der Waals surface area contributed by atoms with E-state index in [1.165, 1.54) is 31.3 Å². The molecule has 1 atom stereocenters. The molecule has 1 aromatic heterocycles. The molecule has 0 saturated carbocycles. The summed E-state index contributed by atoms with van der Waals surface area (Å²) in [6.45, 7) is 6.59. The van der Waals surface area contributed by atoms with E-state index in [1.54, 1.807) is 6.07 Å². The second-order valence-corrected chi connectivity index (χ2v) is 9.08. The molecule has 0 aliphatic carbocycles. The van der Waals surface area contributed by atoms with Gasteiger partial charge in [-0.2, -0.15) is 5.26 Å². The number of phenols is 1. The highest BCUT2D eigenvalue weighted by atomic mass is 19.1. The molecule has 2 N–H and O–H groups in total. The van der Waals surface area contributed by atoms with Gasteiger partial charge in [-0.15, -0.1) is 0 Å². The van der Waals surface area contributed by atoms with E-state index in [2.05, 4.69) is 4.98 Å². The minimum atomic E-state index is -1.21. The minimum absolute atomic E-state index is 0.0421. The first-order valence-corrected chi connectivity index (χ1v) is 9.92. The molecule has 0 amide bonds. The topological polar surface area (TPSA) is 111 Å². The number of aliphatic hydroxyl groups excluding tert-OH is 1. The maximum Gasteiger partial charge on any atom is 0.182 e. The van der Waals surface area contributed by atoms with E-state index in [-0.39, 0.29) is 42.1 Å². The zero-order chi connectivity index (χ0) is 23.4. The molecule has 0 radical (unpaired) electrons. The lowest BCUT2D eigenvalue weighted by Gasteiger charge is -2.21. The van der Waals surface area contributed by atoms with E-state index in [1.807, 2.05) is 26.8 Å². The number of aromatic hydroxyl groups is 1. The van der Waals surface area contributed by atoms with Crippen molar-refractivity contribution in [2.45, 2.75) is 52.4 Å². The average Bonchev–Trinajstić information content (AvgIpc) is 2.69. The Morgan fingerprint density at radius 2 is 1.84 bits per heavy atom. The van der Waals surface area contributed by atoms with Gasteiger partial charge in [0, 0.05) is 31.0 Å². The summed E-state index contributed by atoms with van der Waals surface area (Å²) in [5, 5.41) is 28.7. The maximum absolute atomic E-state index is 14.5. The minimum Gasteiger partial charge on any atom is -0.508 e. The number of halogens is 1. The Balaban J connectivity index is 2.14. The zero-order valence-electron chi connectivity index (χ0n) is 18.2. The fourth-order valence-electron chi connectivity index (χ4n) is 3.16. The van der Waals surface area contributed by atoms with Crippen LogP contribution in [-0.2, 0) is 23.1 Å². The van der Waals surface area contributed by atoms with E-state index < -0.39 is 29.0 Å². The number of hydrogen-bond acceptors (Lipinski definition) is 6. The molecule has 0 spiro atoms. The van der Waals surface area contributed by atoms with Crippen molar-refractivity contribution >= 4 is 11.6 Å². The van der Waals surface area contributed by atoms with E-state index in [4.69, 9.17) is 5.26 Å². The molecular weight excluding hydrogens is 399 g/mol. The van der Waals surface area contributed by atoms with Crippen molar-refractivity contribution in [1.29, 1.82) is 5.26 Å². The SMILES string of the molecule is CC(C)(C)c1cc(F)c(CC(=O)Cc2ccnc(C(=O)C[C@@](C)(C#N)CO)c2)cc1O. The number of carbonyl (C=O) groups is 2. The maximum atomic E-state index is 14.5. The van der Waals surface area contributed by atoms with E-state index in [0.717, 1.165) is 0 Å². The van der Waals surface area contributed by atoms with Crippen LogP contribution in [-0.4, -0.2) is 33.4 Å². The Labute approximate surface area is 181 Å². The van der Waals surface area contributed by atoms with E-state index in [9.17, 15) is 24.2 Å². The molecule has 0 saturated heterocycles. The number of ketones is 2. The number of hydrogen-bond donors (Lipinski definition) is 2. The summed E-state index contributed by atoms with van der Waals surface area (Å²) in [5.74, 6) is -1.32. The number of phenolic OH excluding ortho intramolecular Hbond substituents is 1. The van der Waals surface area contributed by atoms with Crippen molar-refractivity contribution in [3.05, 3.63) is 58.7 Å². The van der Waals surface area contributed by atoms with Crippen LogP contribution in [0.1, 0.15) is 61.3 Å². The molecule has 164 valence electrons. The highest BCUT2D eigenvalue weighted by Gasteiger charge is 2.28. The average molecular weight is 426 g/mol. The number of nitrogens with zero attached hydrogens (tertiary/aromatic N) is 2. The second kappa shape index (κ2) is 9.36. The monoisotopic (exact) mass is 426 g/mol. The third-order valence-electron chi connectivity index (χ3n) is 5.04. The number of rotatable bonds is 8. The Kier molecular flexibility index (Phi) is 7.29. The van der Waals surface area contributed by atoms with Crippen LogP contribution in [0.4, 0.5) is 4.39 Å². The molecule has 31 heavy (non-hydrogen) atoms. The summed E-state index contributed by atoms with van der Waals surface area (Å²) in [5.41, 5.74) is -0.450. The number of nitriles is 1. The number of aliphatic hydroxyl groups is 1. The van der Waals surface area contributed by atoms with Gasteiger partial charge < -0.3 is 10.2 Å². The van der Waals surface area contributed by atoms with Gasteiger partial charge in [0.1, 0.15) is 23.0 Å². The van der Waals surface area contributed by atoms with Crippen molar-refractivity contribution < 1.29 is 24.2 Å². The second-order valence-electron chi connectivity index (χ2n) is 9.08. The highest BCUT2D eigenvalue weighted by molar-refractivity contribution is 5.95. The van der Waals surface area contributed by atoms with Gasteiger partial charge in [0.15, 0.2) is 5.78 Å². The standard InChI is InChI=1S/C24H27FN2O4/c1-23(2,3)18-11-19(25)16(10-21(18)30)9-17(29)7-15-5-6-27-20(8-15)22(31)12-24(4,13-26)14-28/h5-6,8,10-11,28,30H,7,9,12,14H2,1-4H3/t24-/m0/s1. The summed E-state index contributed by atoms with van der Waals surface area (Å²) in [4.78, 5) is 28.9. The first-order valence-electron chi connectivity index (χ1n) is 9.92. The smallest absolute Gasteiger partial charge is 0.182 e. The van der Waals surface area contributed by atoms with Gasteiger partial charge in [0.05, 0.1) is 18.1 Å². The van der Waals surface area contributed by atoms with Crippen LogP contribution in [0.3, 0.4) is 0 Å². The fourth-order valence-corrected chi connectivity index (χ4v) is 3.16. The van der Waals surface area contributed by atoms with Crippen LogP contribution >= 0.6 is 0 Å². The Morgan fingerprint density at radius 3 is 2.42 bits per heavy atom. The van der Waals surface area contributed by atoms with Crippen LogP contribution in [0.5, 0.6) is 5.75 Å². The quantitative estimate of drug-likeness (QED) is 0.623. The molecule has 2 rings (SSSR count). The third-order valence-corrected chi connectivity index (χ3v) is 5.04. The first kappa shape index (κ1) is 24.2. The van der Waals surface area contributed by atoms with Crippen molar-refractivity contribution in [2.75, 3.05) is 6.61 Å². The number of aromatic nitrogens is 1. The normalized spacial score (nSPS) is 13.3. The predicted molar refractivity (Wildman–Crippen MR) is 113 cm³/mol. The van der Waals surface area contributed by atoms with Crippen LogP contribution < -0.4 is 0 Å². The molecule has 0 unspecified atom stereocenters. The summed E-state index contributed by atoms with van der Waals surface area (Å²) in [6.07, 6.45) is 0.948. The molecule has 1 aromatic carbocycles. The van der Waals surface area contributed by atoms with Gasteiger partial charge in [0.25, 0.3) is 0 Å². The molecule has 0 bridgehead atoms. The van der Waals surface area contributed by atoms with Crippen LogP contribution in [0.25, 0.3) is 0 Å². The fraction of sp³-hybridized carbons (Fsp3) is 0.417. The van der Waals surface area contributed by atoms with Gasteiger partial charge in [0.2, 0.25) is 0 Å². The number of pyridine rings is 1. The zero-order valence-corrected chi connectivity index (χ0v) is 18.2. The molecule has 6 nitrogen and oxygen atoms in total. The number of benzene rings is 1. The highest BCUT2D eigenvalue weighted by Crippen LogP contribution is 2.32. The van der Waals surface area contributed by atoms with Crippen molar-refractivity contribution in [3.63, 3.8) is 0 Å². The summed E-state index contributed by atoms with van der Waals surface area (Å²) in [7, 11) is 0. The summed E-state index contributed by atoms with van der Waals surface area (Å²) < 4.78 is 14.5. The van der Waals surface area contributed by atoms with Gasteiger partial charge in [-0.3, -0.25) is 14.6 Å². The number of carbonyl (C=O) groups excluding carboxylic acids is 2. The van der Waals surface area contributed by atoms with Gasteiger partial charge in [-0.1, -0.05) is 20.8 Å². The Hall–Kier alpha value is -3.11. The number of Topliss-reactive ketones (excluding diaryl/α,β-unsaturated/α-hetero) is 2. The van der Waals surface area contributed by atoms with Crippen LogP contribution in [0.2, 0.25) is 0 Å². The van der Waals surface area contributed by atoms with Crippen LogP contribution in [0, 0.1) is 22.6 Å². The lowest BCUT2D eigenvalue weighted by Crippen LogP contribution is -2.23. The van der Waals surface area contributed by atoms with Gasteiger partial charge >= 0.3 is 0 Å². The molecule has 1 heterocycles. The molecule has 0 fully saturated rings. The molecule has 0 aliphatic rings. The summed E-state index contributed by atoms with van der Waals surface area (Å²) >= 11 is 0. The molecule has 2 aromatic rings. The Morgan fingerprint density at radius 1 is 1.16 bits per heavy atom. The van der Waals surface area contributed by atoms with Crippen LogP contribution in [0.15, 0.2) is 30.5 Å². The molecule has 0 aliphatic heterocycles. The largest absolute Gasteiger partial charge is 0.508 e.